The maximum Gasteiger partial charge on any atom is 0.257 e. The van der Waals surface area contributed by atoms with Gasteiger partial charge in [-0.05, 0) is 42.8 Å². The normalized spacial score (nSPS) is 10.3. The lowest BCUT2D eigenvalue weighted by Crippen LogP contribution is -2.13. The Morgan fingerprint density at radius 3 is 2.58 bits per heavy atom. The zero-order valence-corrected chi connectivity index (χ0v) is 13.1. The number of hydrogen-bond acceptors (Lipinski definition) is 1. The number of carbonyl (C=O) groups excluding carboxylic acids is 1. The molecule has 0 aliphatic rings. The number of rotatable bonds is 2. The van der Waals surface area contributed by atoms with Crippen molar-refractivity contribution in [3.63, 3.8) is 0 Å². The van der Waals surface area contributed by atoms with Crippen LogP contribution < -0.4 is 5.32 Å². The molecule has 2 rings (SSSR count). The highest BCUT2D eigenvalue weighted by molar-refractivity contribution is 9.10. The van der Waals surface area contributed by atoms with Gasteiger partial charge in [0.05, 0.1) is 10.6 Å². The van der Waals surface area contributed by atoms with Gasteiger partial charge in [-0.25, -0.2) is 0 Å². The average molecular weight is 359 g/mol. The molecule has 0 saturated carbocycles. The van der Waals surface area contributed by atoms with E-state index in [0.29, 0.717) is 15.6 Å². The van der Waals surface area contributed by atoms with E-state index in [1.165, 1.54) is 0 Å². The first-order valence-electron chi connectivity index (χ1n) is 5.50. The third-order valence-corrected chi connectivity index (χ3v) is 3.66. The summed E-state index contributed by atoms with van der Waals surface area (Å²) in [6.07, 6.45) is 0. The molecule has 0 atom stereocenters. The van der Waals surface area contributed by atoms with E-state index in [9.17, 15) is 4.79 Å². The molecular weight excluding hydrogens is 349 g/mol. The highest BCUT2D eigenvalue weighted by atomic mass is 79.9. The number of anilines is 1. The summed E-state index contributed by atoms with van der Waals surface area (Å²) >= 11 is 15.2. The summed E-state index contributed by atoms with van der Waals surface area (Å²) in [5.74, 6) is -0.261. The fraction of sp³-hybridized carbons (Fsp3) is 0.0714. The van der Waals surface area contributed by atoms with Gasteiger partial charge >= 0.3 is 0 Å². The van der Waals surface area contributed by atoms with E-state index in [-0.39, 0.29) is 5.91 Å². The number of carbonyl (C=O) groups is 1. The van der Waals surface area contributed by atoms with E-state index in [2.05, 4.69) is 21.2 Å². The van der Waals surface area contributed by atoms with Crippen LogP contribution in [0.25, 0.3) is 0 Å². The van der Waals surface area contributed by atoms with E-state index in [1.54, 1.807) is 18.2 Å². The highest BCUT2D eigenvalue weighted by Crippen LogP contribution is 2.24. The van der Waals surface area contributed by atoms with Crippen LogP contribution in [0.4, 0.5) is 5.69 Å². The first-order valence-corrected chi connectivity index (χ1v) is 7.05. The third-order valence-electron chi connectivity index (χ3n) is 2.62. The second-order valence-corrected chi connectivity index (χ2v) is 5.80. The van der Waals surface area contributed by atoms with Crippen molar-refractivity contribution in [2.75, 3.05) is 5.32 Å². The lowest BCUT2D eigenvalue weighted by Gasteiger charge is -2.10. The van der Waals surface area contributed by atoms with Gasteiger partial charge in [0.25, 0.3) is 5.91 Å². The molecule has 0 radical (unpaired) electrons. The van der Waals surface area contributed by atoms with E-state index in [1.807, 2.05) is 25.1 Å². The number of nitrogens with one attached hydrogen (secondary N) is 1. The second kappa shape index (κ2) is 5.95. The SMILES string of the molecule is Cc1ccc(Br)cc1NC(=O)c1ccc(Cl)cc1Cl. The van der Waals surface area contributed by atoms with Crippen molar-refractivity contribution in [3.8, 4) is 0 Å². The number of hydrogen-bond donors (Lipinski definition) is 1. The summed E-state index contributed by atoms with van der Waals surface area (Å²) in [5.41, 5.74) is 2.11. The van der Waals surface area contributed by atoms with E-state index < -0.39 is 0 Å². The van der Waals surface area contributed by atoms with Gasteiger partial charge < -0.3 is 5.32 Å². The topological polar surface area (TPSA) is 29.1 Å². The van der Waals surface area contributed by atoms with Crippen LogP contribution in [0.2, 0.25) is 10.0 Å². The van der Waals surface area contributed by atoms with E-state index >= 15 is 0 Å². The lowest BCUT2D eigenvalue weighted by molar-refractivity contribution is 0.102. The molecular formula is C14H10BrCl2NO. The molecule has 5 heteroatoms. The monoisotopic (exact) mass is 357 g/mol. The van der Waals surface area contributed by atoms with Crippen LogP contribution in [-0.2, 0) is 0 Å². The van der Waals surface area contributed by atoms with Crippen LogP contribution >= 0.6 is 39.1 Å². The molecule has 0 heterocycles. The Morgan fingerprint density at radius 2 is 1.89 bits per heavy atom. The molecule has 98 valence electrons. The largest absolute Gasteiger partial charge is 0.322 e. The van der Waals surface area contributed by atoms with Gasteiger partial charge in [-0.3, -0.25) is 4.79 Å². The maximum atomic E-state index is 12.2. The molecule has 0 unspecified atom stereocenters. The van der Waals surface area contributed by atoms with E-state index in [0.717, 1.165) is 15.7 Å². The quantitative estimate of drug-likeness (QED) is 0.773. The van der Waals surface area contributed by atoms with Crippen LogP contribution in [0.3, 0.4) is 0 Å². The number of halogens is 3. The third kappa shape index (κ3) is 3.50. The van der Waals surface area contributed by atoms with Crippen molar-refractivity contribution in [2.45, 2.75) is 6.92 Å². The molecule has 0 aromatic heterocycles. The van der Waals surface area contributed by atoms with Crippen molar-refractivity contribution < 1.29 is 4.79 Å². The summed E-state index contributed by atoms with van der Waals surface area (Å²) in [5, 5.41) is 3.66. The van der Waals surface area contributed by atoms with Gasteiger partial charge in [0.2, 0.25) is 0 Å². The number of benzene rings is 2. The van der Waals surface area contributed by atoms with Crippen molar-refractivity contribution in [3.05, 3.63) is 62.0 Å². The van der Waals surface area contributed by atoms with Crippen LogP contribution in [0.1, 0.15) is 15.9 Å². The first-order chi connectivity index (χ1) is 8.97. The van der Waals surface area contributed by atoms with Crippen LogP contribution in [-0.4, -0.2) is 5.91 Å². The summed E-state index contributed by atoms with van der Waals surface area (Å²) in [6.45, 7) is 1.92. The number of aryl methyl sites for hydroxylation is 1. The van der Waals surface area contributed by atoms with Crippen LogP contribution in [0, 0.1) is 6.92 Å². The highest BCUT2D eigenvalue weighted by Gasteiger charge is 2.12. The molecule has 0 spiro atoms. The smallest absolute Gasteiger partial charge is 0.257 e. The molecule has 1 N–H and O–H groups in total. The Morgan fingerprint density at radius 1 is 1.16 bits per heavy atom. The Hall–Kier alpha value is -1.03. The molecule has 1 amide bonds. The average Bonchev–Trinajstić information content (AvgIpc) is 2.33. The summed E-state index contributed by atoms with van der Waals surface area (Å²) in [7, 11) is 0. The minimum absolute atomic E-state index is 0.261. The van der Waals surface area contributed by atoms with Crippen molar-refractivity contribution in [2.24, 2.45) is 0 Å². The molecule has 0 bridgehead atoms. The Labute approximate surface area is 129 Å². The molecule has 2 aromatic carbocycles. The van der Waals surface area contributed by atoms with Gasteiger partial charge in [0, 0.05) is 15.2 Å². The van der Waals surface area contributed by atoms with Gasteiger partial charge in [-0.2, -0.15) is 0 Å². The number of amides is 1. The fourth-order valence-electron chi connectivity index (χ4n) is 1.59. The van der Waals surface area contributed by atoms with Crippen molar-refractivity contribution in [1.82, 2.24) is 0 Å². The molecule has 0 saturated heterocycles. The Balaban J connectivity index is 2.28. The summed E-state index contributed by atoms with van der Waals surface area (Å²) in [6, 6.07) is 10.5. The molecule has 19 heavy (non-hydrogen) atoms. The minimum Gasteiger partial charge on any atom is -0.322 e. The molecule has 0 aliphatic heterocycles. The second-order valence-electron chi connectivity index (χ2n) is 4.04. The lowest BCUT2D eigenvalue weighted by atomic mass is 10.1. The van der Waals surface area contributed by atoms with E-state index in [4.69, 9.17) is 23.2 Å². The Bertz CT molecular complexity index is 643. The molecule has 0 fully saturated rings. The molecule has 0 aliphatic carbocycles. The first kappa shape index (κ1) is 14.4. The van der Waals surface area contributed by atoms with Gasteiger partial charge in [-0.1, -0.05) is 45.2 Å². The molecule has 2 aromatic rings. The molecule has 2 nitrogen and oxygen atoms in total. The maximum absolute atomic E-state index is 12.2. The van der Waals surface area contributed by atoms with Gasteiger partial charge in [0.1, 0.15) is 0 Å². The summed E-state index contributed by atoms with van der Waals surface area (Å²) < 4.78 is 0.899. The Kier molecular flexibility index (Phi) is 4.50. The predicted molar refractivity (Wildman–Crippen MR) is 83.3 cm³/mol. The minimum atomic E-state index is -0.261. The van der Waals surface area contributed by atoms with Crippen molar-refractivity contribution in [1.29, 1.82) is 0 Å². The standard InChI is InChI=1S/C14H10BrCl2NO/c1-8-2-3-9(15)6-13(8)18-14(19)11-5-4-10(16)7-12(11)17/h2-7H,1H3,(H,18,19). The van der Waals surface area contributed by atoms with Crippen molar-refractivity contribution >= 4 is 50.7 Å². The van der Waals surface area contributed by atoms with Gasteiger partial charge in [0.15, 0.2) is 0 Å². The summed E-state index contributed by atoms with van der Waals surface area (Å²) in [4.78, 5) is 12.2. The zero-order valence-electron chi connectivity index (χ0n) is 10.0. The van der Waals surface area contributed by atoms with Crippen LogP contribution in [0.15, 0.2) is 40.9 Å². The predicted octanol–water partition coefficient (Wildman–Crippen LogP) is 5.32. The zero-order chi connectivity index (χ0) is 14.0. The van der Waals surface area contributed by atoms with Crippen LogP contribution in [0.5, 0.6) is 0 Å². The van der Waals surface area contributed by atoms with Gasteiger partial charge in [-0.15, -0.1) is 0 Å². The fourth-order valence-corrected chi connectivity index (χ4v) is 2.45.